The van der Waals surface area contributed by atoms with E-state index >= 15 is 0 Å². The smallest absolute Gasteiger partial charge is 0.350 e. The lowest BCUT2D eigenvalue weighted by Gasteiger charge is -2.45. The number of hydrogen-bond acceptors (Lipinski definition) is 11. The van der Waals surface area contributed by atoms with E-state index in [9.17, 15) is 24.6 Å². The van der Waals surface area contributed by atoms with E-state index in [4.69, 9.17) is 9.47 Å². The van der Waals surface area contributed by atoms with Crippen LogP contribution in [0.25, 0.3) is 0 Å². The van der Waals surface area contributed by atoms with Crippen molar-refractivity contribution in [1.29, 1.82) is 0 Å². The molecule has 0 aromatic carbocycles. The summed E-state index contributed by atoms with van der Waals surface area (Å²) in [6.07, 6.45) is 16.0. The number of ether oxygens (including phenoxy) is 2. The lowest BCUT2D eigenvalue weighted by molar-refractivity contribution is -0.167. The fourth-order valence-electron chi connectivity index (χ4n) is 10.7. The summed E-state index contributed by atoms with van der Waals surface area (Å²) in [5.74, 6) is -0.737. The van der Waals surface area contributed by atoms with Crippen molar-refractivity contribution in [2.24, 2.45) is 35.5 Å². The van der Waals surface area contributed by atoms with E-state index in [0.717, 1.165) is 89.5 Å². The monoisotopic (exact) mass is 726 g/mol. The Bertz CT molecular complexity index is 1340. The average molecular weight is 727 g/mol. The molecular weight excluding hydrogens is 660 g/mol. The molecule has 292 valence electrons. The summed E-state index contributed by atoms with van der Waals surface area (Å²) in [7, 11) is 1.92. The highest BCUT2D eigenvalue weighted by atomic mass is 16.7. The SMILES string of the molecule is CCNC1CC2C=CCCC2CC1C(CCCO)OC(=O)C12OC1(CC(CO)=C(C)CCC1CCNC(NCNC)C1)C(=O)C1CCCCC1C2=O. The standard InChI is InChI=1S/C41H66N4O7/c1-4-43-34-22-29-11-6-5-10-28(29)21-33(34)35(14-9-19-46)51-39(50)41-38(49)32-13-8-7-12-31(32)37(48)40(41,52-41)23-30(24-47)26(2)15-16-27-17-18-44-36(20-27)45-25-42-3/h6,11,27-29,31-36,42-47H,4-5,7-10,12-25H2,1-3H3. The van der Waals surface area contributed by atoms with Crippen LogP contribution in [0.4, 0.5) is 0 Å². The topological polar surface area (TPSA) is 162 Å². The maximum absolute atomic E-state index is 14.7. The summed E-state index contributed by atoms with van der Waals surface area (Å²) in [6.45, 7) is 6.26. The zero-order chi connectivity index (χ0) is 36.9. The van der Waals surface area contributed by atoms with Gasteiger partial charge in [-0.15, -0.1) is 0 Å². The van der Waals surface area contributed by atoms with Crippen LogP contribution < -0.4 is 21.3 Å². The second-order valence-electron chi connectivity index (χ2n) is 16.8. The maximum atomic E-state index is 14.7. The van der Waals surface area contributed by atoms with Crippen molar-refractivity contribution in [3.05, 3.63) is 23.3 Å². The molecule has 5 fully saturated rings. The van der Waals surface area contributed by atoms with Crippen LogP contribution in [0.15, 0.2) is 23.3 Å². The summed E-state index contributed by atoms with van der Waals surface area (Å²) >= 11 is 0. The quantitative estimate of drug-likeness (QED) is 0.0427. The number of ketones is 2. The molecule has 0 amide bonds. The average Bonchev–Trinajstić information content (AvgIpc) is 3.87. The summed E-state index contributed by atoms with van der Waals surface area (Å²) in [5.41, 5.74) is -1.96. The number of hydrogen-bond donors (Lipinski definition) is 6. The van der Waals surface area contributed by atoms with Crippen LogP contribution in [0.5, 0.6) is 0 Å². The molecule has 0 spiro atoms. The van der Waals surface area contributed by atoms with Crippen molar-refractivity contribution in [3.8, 4) is 0 Å². The van der Waals surface area contributed by atoms with Gasteiger partial charge in [0.25, 0.3) is 5.60 Å². The number of esters is 1. The lowest BCUT2D eigenvalue weighted by atomic mass is 9.60. The van der Waals surface area contributed by atoms with Gasteiger partial charge in [0.15, 0.2) is 17.2 Å². The molecule has 52 heavy (non-hydrogen) atoms. The molecule has 6 rings (SSSR count). The Kier molecular flexibility index (Phi) is 13.5. The number of Topliss-reactive ketones (excluding diaryl/α,β-unsaturated/α-hetero) is 2. The number of carbonyl (C=O) groups is 3. The number of epoxide rings is 1. The van der Waals surface area contributed by atoms with Gasteiger partial charge in [0, 0.05) is 43.5 Å². The van der Waals surface area contributed by atoms with Crippen molar-refractivity contribution >= 4 is 17.5 Å². The molecule has 0 radical (unpaired) electrons. The van der Waals surface area contributed by atoms with Crippen molar-refractivity contribution in [2.45, 2.75) is 140 Å². The first-order chi connectivity index (χ1) is 25.2. The van der Waals surface area contributed by atoms with Crippen LogP contribution in [-0.2, 0) is 23.9 Å². The Morgan fingerprint density at radius 2 is 1.87 bits per heavy atom. The number of rotatable bonds is 17. The Morgan fingerprint density at radius 1 is 1.08 bits per heavy atom. The van der Waals surface area contributed by atoms with Gasteiger partial charge in [0.2, 0.25) is 0 Å². The molecule has 0 aromatic rings. The highest BCUT2D eigenvalue weighted by molar-refractivity contribution is 6.23. The van der Waals surface area contributed by atoms with E-state index < -0.39 is 35.1 Å². The van der Waals surface area contributed by atoms with Gasteiger partial charge in [-0.25, -0.2) is 4.79 Å². The minimum absolute atomic E-state index is 0.0164. The van der Waals surface area contributed by atoms with Gasteiger partial charge in [-0.1, -0.05) is 37.5 Å². The molecule has 0 bridgehead atoms. The van der Waals surface area contributed by atoms with Gasteiger partial charge >= 0.3 is 5.97 Å². The van der Waals surface area contributed by atoms with Crippen LogP contribution in [-0.4, -0.2) is 97.3 Å². The molecule has 11 atom stereocenters. The van der Waals surface area contributed by atoms with Crippen LogP contribution in [0, 0.1) is 35.5 Å². The third kappa shape index (κ3) is 7.88. The summed E-state index contributed by atoms with van der Waals surface area (Å²) < 4.78 is 12.9. The van der Waals surface area contributed by atoms with E-state index in [1.54, 1.807) is 0 Å². The highest BCUT2D eigenvalue weighted by Gasteiger charge is 2.87. The molecule has 4 aliphatic carbocycles. The Morgan fingerprint density at radius 3 is 2.60 bits per heavy atom. The predicted octanol–water partition coefficient (Wildman–Crippen LogP) is 3.68. The van der Waals surface area contributed by atoms with Crippen molar-refractivity contribution in [1.82, 2.24) is 21.3 Å². The molecule has 11 nitrogen and oxygen atoms in total. The third-order valence-electron chi connectivity index (χ3n) is 13.7. The fourth-order valence-corrected chi connectivity index (χ4v) is 10.7. The van der Waals surface area contributed by atoms with Crippen LogP contribution in [0.1, 0.15) is 110 Å². The van der Waals surface area contributed by atoms with Gasteiger partial charge in [-0.05, 0) is 127 Å². The van der Waals surface area contributed by atoms with E-state index in [1.807, 2.05) is 14.0 Å². The first kappa shape index (κ1) is 39.7. The Hall–Kier alpha value is -1.99. The van der Waals surface area contributed by atoms with Gasteiger partial charge in [0.1, 0.15) is 6.10 Å². The molecule has 11 heteroatoms. The molecule has 11 unspecified atom stereocenters. The summed E-state index contributed by atoms with van der Waals surface area (Å²) in [6, 6.07) is 0.125. The number of fused-ring (bicyclic) bond motifs is 3. The Labute approximate surface area is 310 Å². The normalized spacial score (nSPS) is 38.1. The second kappa shape index (κ2) is 17.6. The number of allylic oxidation sites excluding steroid dienone is 3. The van der Waals surface area contributed by atoms with E-state index in [0.29, 0.717) is 49.0 Å². The number of aliphatic hydroxyl groups is 2. The molecule has 6 N–H and O–H groups in total. The van der Waals surface area contributed by atoms with Gasteiger partial charge < -0.3 is 35.6 Å². The summed E-state index contributed by atoms with van der Waals surface area (Å²) in [5, 5.41) is 34.4. The highest BCUT2D eigenvalue weighted by Crippen LogP contribution is 2.62. The number of nitrogens with one attached hydrogen (secondary N) is 4. The van der Waals surface area contributed by atoms with Gasteiger partial charge in [-0.3, -0.25) is 14.9 Å². The first-order valence-electron chi connectivity index (χ1n) is 20.6. The molecule has 6 aliphatic rings. The lowest BCUT2D eigenvalue weighted by Crippen LogP contribution is -2.59. The molecule has 0 aromatic heterocycles. The van der Waals surface area contributed by atoms with Gasteiger partial charge in [0.05, 0.1) is 12.8 Å². The molecule has 3 saturated carbocycles. The zero-order valence-corrected chi connectivity index (χ0v) is 31.9. The van der Waals surface area contributed by atoms with E-state index in [2.05, 4.69) is 40.3 Å². The van der Waals surface area contributed by atoms with Crippen LogP contribution >= 0.6 is 0 Å². The minimum atomic E-state index is -1.99. The molecule has 2 aliphatic heterocycles. The first-order valence-corrected chi connectivity index (χ1v) is 20.6. The van der Waals surface area contributed by atoms with Crippen molar-refractivity contribution < 1.29 is 34.1 Å². The number of piperidine rings is 1. The van der Waals surface area contributed by atoms with Gasteiger partial charge in [-0.2, -0.15) is 0 Å². The minimum Gasteiger partial charge on any atom is -0.459 e. The Balaban J connectivity index is 1.24. The number of carbonyl (C=O) groups excluding carboxylic acids is 3. The largest absolute Gasteiger partial charge is 0.459 e. The summed E-state index contributed by atoms with van der Waals surface area (Å²) in [4.78, 5) is 43.9. The fraction of sp³-hybridized carbons (Fsp3) is 0.829. The van der Waals surface area contributed by atoms with Crippen LogP contribution in [0.3, 0.4) is 0 Å². The van der Waals surface area contributed by atoms with Crippen LogP contribution in [0.2, 0.25) is 0 Å². The number of aliphatic hydroxyl groups excluding tert-OH is 2. The molecular formula is C41H66N4O7. The maximum Gasteiger partial charge on any atom is 0.350 e. The third-order valence-corrected chi connectivity index (χ3v) is 13.7. The van der Waals surface area contributed by atoms with E-state index in [-0.39, 0.29) is 49.3 Å². The van der Waals surface area contributed by atoms with Crippen molar-refractivity contribution in [3.63, 3.8) is 0 Å². The zero-order valence-electron chi connectivity index (χ0n) is 31.9. The molecule has 2 saturated heterocycles. The predicted molar refractivity (Wildman–Crippen MR) is 199 cm³/mol. The second-order valence-corrected chi connectivity index (χ2v) is 16.8. The molecule has 2 heterocycles. The van der Waals surface area contributed by atoms with Crippen molar-refractivity contribution in [2.75, 3.05) is 40.0 Å². The van der Waals surface area contributed by atoms with E-state index in [1.165, 1.54) is 0 Å².